The third kappa shape index (κ3) is 6.68. The SMILES string of the molecule is CC(=O)C(c1ccc[nH]1)C(C)C(O)C(Oc1ccc(-c2ccc(Cl)cc2)cc1)Oc1ccc(Cl)cc1Cl. The average molecular weight is 559 g/mol. The van der Waals surface area contributed by atoms with Crippen molar-refractivity contribution in [2.75, 3.05) is 0 Å². The lowest BCUT2D eigenvalue weighted by atomic mass is 9.83. The second-order valence-electron chi connectivity index (χ2n) is 8.77. The van der Waals surface area contributed by atoms with Gasteiger partial charge in [0, 0.05) is 27.9 Å². The van der Waals surface area contributed by atoms with Gasteiger partial charge in [0.2, 0.25) is 0 Å². The first kappa shape index (κ1) is 27.1. The molecule has 2 N–H and O–H groups in total. The fourth-order valence-corrected chi connectivity index (χ4v) is 4.80. The van der Waals surface area contributed by atoms with Gasteiger partial charge in [0.25, 0.3) is 6.29 Å². The Labute approximate surface area is 230 Å². The van der Waals surface area contributed by atoms with E-state index in [2.05, 4.69) is 4.98 Å². The number of hydrogen-bond donors (Lipinski definition) is 2. The van der Waals surface area contributed by atoms with E-state index in [1.807, 2.05) is 48.5 Å². The van der Waals surface area contributed by atoms with Crippen molar-refractivity contribution in [2.24, 2.45) is 5.92 Å². The molecule has 4 aromatic rings. The van der Waals surface area contributed by atoms with Gasteiger partial charge in [-0.15, -0.1) is 0 Å². The van der Waals surface area contributed by atoms with Crippen LogP contribution in [0.5, 0.6) is 11.5 Å². The van der Waals surface area contributed by atoms with Crippen LogP contribution >= 0.6 is 34.8 Å². The molecule has 37 heavy (non-hydrogen) atoms. The summed E-state index contributed by atoms with van der Waals surface area (Å²) in [5.74, 6) is -0.476. The zero-order valence-electron chi connectivity index (χ0n) is 20.2. The zero-order chi connectivity index (χ0) is 26.5. The van der Waals surface area contributed by atoms with Gasteiger partial charge in [0.15, 0.2) is 0 Å². The van der Waals surface area contributed by atoms with Crippen LogP contribution in [0.3, 0.4) is 0 Å². The second kappa shape index (κ2) is 12.1. The highest BCUT2D eigenvalue weighted by Gasteiger charge is 2.37. The van der Waals surface area contributed by atoms with Crippen LogP contribution in [0, 0.1) is 5.92 Å². The van der Waals surface area contributed by atoms with Crippen LogP contribution in [0.15, 0.2) is 85.1 Å². The maximum absolute atomic E-state index is 12.6. The van der Waals surface area contributed by atoms with E-state index in [4.69, 9.17) is 44.3 Å². The van der Waals surface area contributed by atoms with E-state index in [0.717, 1.165) is 11.1 Å². The summed E-state index contributed by atoms with van der Waals surface area (Å²) in [5.41, 5.74) is 2.68. The fourth-order valence-electron chi connectivity index (χ4n) is 4.22. The van der Waals surface area contributed by atoms with E-state index in [1.54, 1.807) is 43.5 Å². The van der Waals surface area contributed by atoms with Crippen molar-refractivity contribution in [1.29, 1.82) is 0 Å². The summed E-state index contributed by atoms with van der Waals surface area (Å²) >= 11 is 18.4. The van der Waals surface area contributed by atoms with Crippen molar-refractivity contribution in [3.8, 4) is 22.6 Å². The number of aromatic nitrogens is 1. The number of aliphatic hydroxyl groups excluding tert-OH is 1. The number of rotatable bonds is 10. The number of aliphatic hydroxyl groups is 1. The van der Waals surface area contributed by atoms with Crippen LogP contribution in [0.4, 0.5) is 0 Å². The highest BCUT2D eigenvalue weighted by molar-refractivity contribution is 6.35. The number of benzene rings is 3. The van der Waals surface area contributed by atoms with E-state index < -0.39 is 24.2 Å². The molecule has 192 valence electrons. The van der Waals surface area contributed by atoms with Crippen molar-refractivity contribution < 1.29 is 19.4 Å². The highest BCUT2D eigenvalue weighted by atomic mass is 35.5. The summed E-state index contributed by atoms with van der Waals surface area (Å²) in [5, 5.41) is 12.8. The summed E-state index contributed by atoms with van der Waals surface area (Å²) in [7, 11) is 0. The van der Waals surface area contributed by atoms with E-state index in [0.29, 0.717) is 27.2 Å². The molecular weight excluding hydrogens is 533 g/mol. The third-order valence-electron chi connectivity index (χ3n) is 6.16. The number of carbonyl (C=O) groups is 1. The topological polar surface area (TPSA) is 71.6 Å². The minimum Gasteiger partial charge on any atom is -0.452 e. The Kier molecular flexibility index (Phi) is 8.83. The van der Waals surface area contributed by atoms with Gasteiger partial charge in [-0.1, -0.05) is 66.0 Å². The Bertz CT molecular complexity index is 1320. The molecular formula is C29H26Cl3NO4. The number of ketones is 1. The molecule has 0 spiro atoms. The van der Waals surface area contributed by atoms with Gasteiger partial charge in [-0.25, -0.2) is 0 Å². The summed E-state index contributed by atoms with van der Waals surface area (Å²) in [6, 6.07) is 23.3. The first-order valence-electron chi connectivity index (χ1n) is 11.7. The van der Waals surface area contributed by atoms with Gasteiger partial charge < -0.3 is 19.6 Å². The van der Waals surface area contributed by atoms with Gasteiger partial charge >= 0.3 is 0 Å². The first-order chi connectivity index (χ1) is 17.7. The lowest BCUT2D eigenvalue weighted by Gasteiger charge is -2.32. The van der Waals surface area contributed by atoms with Gasteiger partial charge in [-0.2, -0.15) is 0 Å². The lowest BCUT2D eigenvalue weighted by Crippen LogP contribution is -2.44. The van der Waals surface area contributed by atoms with Gasteiger partial charge in [0.1, 0.15) is 23.4 Å². The lowest BCUT2D eigenvalue weighted by molar-refractivity contribution is -0.128. The summed E-state index contributed by atoms with van der Waals surface area (Å²) in [6.07, 6.45) is -0.628. The smallest absolute Gasteiger partial charge is 0.266 e. The molecule has 0 radical (unpaired) electrons. The molecule has 0 bridgehead atoms. The molecule has 1 heterocycles. The molecule has 3 aromatic carbocycles. The van der Waals surface area contributed by atoms with Crippen molar-refractivity contribution >= 4 is 40.6 Å². The number of H-pyrrole nitrogens is 1. The molecule has 4 rings (SSSR count). The van der Waals surface area contributed by atoms with Crippen LogP contribution in [-0.2, 0) is 4.79 Å². The fraction of sp³-hybridized carbons (Fsp3) is 0.207. The first-order valence-corrected chi connectivity index (χ1v) is 12.8. The summed E-state index contributed by atoms with van der Waals surface area (Å²) < 4.78 is 12.2. The number of halogens is 3. The van der Waals surface area contributed by atoms with Crippen LogP contribution < -0.4 is 9.47 Å². The second-order valence-corrected chi connectivity index (χ2v) is 10.1. The van der Waals surface area contributed by atoms with Crippen molar-refractivity contribution in [3.05, 3.63) is 106 Å². The molecule has 0 aliphatic carbocycles. The Morgan fingerprint density at radius 1 is 0.865 bits per heavy atom. The quantitative estimate of drug-likeness (QED) is 0.195. The largest absolute Gasteiger partial charge is 0.452 e. The zero-order valence-corrected chi connectivity index (χ0v) is 22.5. The number of nitrogens with one attached hydrogen (secondary N) is 1. The highest BCUT2D eigenvalue weighted by Crippen LogP contribution is 2.34. The molecule has 0 aliphatic heterocycles. The molecule has 0 saturated heterocycles. The van der Waals surface area contributed by atoms with E-state index >= 15 is 0 Å². The molecule has 5 nitrogen and oxygen atoms in total. The monoisotopic (exact) mass is 557 g/mol. The molecule has 4 unspecified atom stereocenters. The van der Waals surface area contributed by atoms with Crippen molar-refractivity contribution in [1.82, 2.24) is 4.98 Å². The maximum Gasteiger partial charge on any atom is 0.266 e. The van der Waals surface area contributed by atoms with Gasteiger partial charge in [-0.3, -0.25) is 4.79 Å². The Morgan fingerprint density at radius 3 is 2.05 bits per heavy atom. The molecule has 0 amide bonds. The number of carbonyl (C=O) groups excluding carboxylic acids is 1. The predicted molar refractivity (Wildman–Crippen MR) is 148 cm³/mol. The number of Topliss-reactive ketones (excluding diaryl/α,β-unsaturated/α-hetero) is 1. The Hall–Kier alpha value is -2.96. The number of hydrogen-bond acceptors (Lipinski definition) is 4. The third-order valence-corrected chi connectivity index (χ3v) is 6.94. The Morgan fingerprint density at radius 2 is 1.49 bits per heavy atom. The van der Waals surface area contributed by atoms with Crippen LogP contribution in [0.2, 0.25) is 15.1 Å². The minimum absolute atomic E-state index is 0.0930. The van der Waals surface area contributed by atoms with Crippen molar-refractivity contribution in [2.45, 2.75) is 32.2 Å². The summed E-state index contributed by atoms with van der Waals surface area (Å²) in [4.78, 5) is 15.6. The molecule has 4 atom stereocenters. The van der Waals surface area contributed by atoms with Crippen molar-refractivity contribution in [3.63, 3.8) is 0 Å². The average Bonchev–Trinajstić information content (AvgIpc) is 3.40. The normalized spacial score (nSPS) is 14.4. The predicted octanol–water partition coefficient (Wildman–Crippen LogP) is 7.80. The van der Waals surface area contributed by atoms with Gasteiger partial charge in [0.05, 0.1) is 10.9 Å². The van der Waals surface area contributed by atoms with Crippen LogP contribution in [0.25, 0.3) is 11.1 Å². The summed E-state index contributed by atoms with van der Waals surface area (Å²) in [6.45, 7) is 3.28. The van der Waals surface area contributed by atoms with Crippen LogP contribution in [0.1, 0.15) is 25.5 Å². The Balaban J connectivity index is 1.61. The van der Waals surface area contributed by atoms with Crippen LogP contribution in [-0.4, -0.2) is 28.3 Å². The maximum atomic E-state index is 12.6. The van der Waals surface area contributed by atoms with E-state index in [9.17, 15) is 9.90 Å². The number of ether oxygens (including phenoxy) is 2. The molecule has 0 saturated carbocycles. The van der Waals surface area contributed by atoms with E-state index in [1.165, 1.54) is 6.92 Å². The number of aromatic amines is 1. The molecule has 0 fully saturated rings. The standard InChI is InChI=1S/C29H26Cl3NO4/c1-17(27(18(2)34)25-4-3-15-33-25)28(35)29(37-26-14-11-22(31)16-24(26)32)36-23-12-7-20(8-13-23)19-5-9-21(30)10-6-19/h3-17,27-29,33,35H,1-2H3. The van der Waals surface area contributed by atoms with E-state index in [-0.39, 0.29) is 10.8 Å². The van der Waals surface area contributed by atoms with Gasteiger partial charge in [-0.05, 0) is 72.6 Å². The molecule has 1 aromatic heterocycles. The molecule has 8 heteroatoms. The minimum atomic E-state index is -1.19. The molecule has 0 aliphatic rings.